The number of carbonyl (C=O) groups excluding carboxylic acids is 1. The predicted octanol–water partition coefficient (Wildman–Crippen LogP) is 3.77. The van der Waals surface area contributed by atoms with E-state index in [9.17, 15) is 9.18 Å². The number of halogens is 1. The lowest BCUT2D eigenvalue weighted by molar-refractivity contribution is 0.102. The van der Waals surface area contributed by atoms with Crippen LogP contribution in [0, 0.1) is 6.92 Å². The molecule has 0 spiro atoms. The van der Waals surface area contributed by atoms with Gasteiger partial charge in [-0.05, 0) is 43.2 Å². The number of alkyl halides is 1. The van der Waals surface area contributed by atoms with E-state index in [1.165, 1.54) is 0 Å². The van der Waals surface area contributed by atoms with Crippen LogP contribution in [0.25, 0.3) is 16.9 Å². The van der Waals surface area contributed by atoms with E-state index < -0.39 is 6.17 Å². The first-order valence-corrected chi connectivity index (χ1v) is 8.92. The van der Waals surface area contributed by atoms with Crippen LogP contribution in [-0.2, 0) is 0 Å². The van der Waals surface area contributed by atoms with Crippen molar-refractivity contribution in [2.45, 2.75) is 25.4 Å². The molecule has 140 valence electrons. The van der Waals surface area contributed by atoms with E-state index in [-0.39, 0.29) is 11.8 Å². The Kier molecular flexibility index (Phi) is 3.71. The Labute approximate surface area is 159 Å². The molecule has 5 rings (SSSR count). The van der Waals surface area contributed by atoms with Crippen LogP contribution in [0.5, 0.6) is 0 Å². The summed E-state index contributed by atoms with van der Waals surface area (Å²) in [6.07, 6.45) is 2.96. The second kappa shape index (κ2) is 6.26. The molecule has 0 unspecified atom stereocenters. The minimum absolute atomic E-state index is 0.238. The van der Waals surface area contributed by atoms with Gasteiger partial charge in [-0.2, -0.15) is 10.1 Å². The first-order chi connectivity index (χ1) is 13.6. The fraction of sp³-hybridized carbons (Fsp3) is 0.200. The molecule has 8 heteroatoms. The van der Waals surface area contributed by atoms with Crippen LogP contribution >= 0.6 is 0 Å². The molecule has 2 atom stereocenters. The summed E-state index contributed by atoms with van der Waals surface area (Å²) in [5.74, 6) is 0.170. The highest BCUT2D eigenvalue weighted by Crippen LogP contribution is 2.43. The number of amides is 1. The molecule has 28 heavy (non-hydrogen) atoms. The van der Waals surface area contributed by atoms with Gasteiger partial charge in [0.1, 0.15) is 6.17 Å². The summed E-state index contributed by atoms with van der Waals surface area (Å²) in [4.78, 5) is 17.1. The van der Waals surface area contributed by atoms with Crippen LogP contribution in [-0.4, -0.2) is 31.8 Å². The quantitative estimate of drug-likeness (QED) is 0.585. The standard InChI is InChI=1S/C20H16FN5O2/c1-11-4-5-12(18-24-20(28-25-18)14-10-15(14)21)9-16(11)23-19(27)13-3-2-8-26-17(13)6-7-22-26/h2-9,14-15H,10H2,1H3,(H,23,27)/t14-,15-/m0/s1. The highest BCUT2D eigenvalue weighted by molar-refractivity contribution is 6.09. The van der Waals surface area contributed by atoms with Gasteiger partial charge >= 0.3 is 0 Å². The molecule has 1 aromatic carbocycles. The minimum atomic E-state index is -0.896. The van der Waals surface area contributed by atoms with Gasteiger partial charge in [0.05, 0.1) is 23.2 Å². The fourth-order valence-electron chi connectivity index (χ4n) is 3.15. The number of anilines is 1. The summed E-state index contributed by atoms with van der Waals surface area (Å²) in [6, 6.07) is 10.8. The smallest absolute Gasteiger partial charge is 0.257 e. The van der Waals surface area contributed by atoms with Crippen LogP contribution in [0.2, 0.25) is 0 Å². The van der Waals surface area contributed by atoms with Gasteiger partial charge in [0.25, 0.3) is 5.91 Å². The van der Waals surface area contributed by atoms with Crippen LogP contribution in [0.3, 0.4) is 0 Å². The SMILES string of the molecule is Cc1ccc(-c2noc([C@H]3C[C@@H]3F)n2)cc1NC(=O)c1cccn2nccc12. The Morgan fingerprint density at radius 3 is 3.00 bits per heavy atom. The maximum absolute atomic E-state index is 13.2. The molecule has 3 aromatic heterocycles. The number of nitrogens with zero attached hydrogens (tertiary/aromatic N) is 4. The largest absolute Gasteiger partial charge is 0.339 e. The molecular weight excluding hydrogens is 361 g/mol. The van der Waals surface area contributed by atoms with Crippen molar-refractivity contribution in [3.05, 3.63) is 65.8 Å². The van der Waals surface area contributed by atoms with Crippen LogP contribution in [0.4, 0.5) is 10.1 Å². The number of aromatic nitrogens is 4. The number of benzene rings is 1. The molecule has 1 amide bonds. The third-order valence-electron chi connectivity index (χ3n) is 4.90. The van der Waals surface area contributed by atoms with Crippen LogP contribution in [0.15, 0.2) is 53.3 Å². The van der Waals surface area contributed by atoms with E-state index in [4.69, 9.17) is 4.52 Å². The van der Waals surface area contributed by atoms with Crippen molar-refractivity contribution in [2.75, 3.05) is 5.32 Å². The van der Waals surface area contributed by atoms with Gasteiger partial charge in [0.15, 0.2) is 0 Å². The van der Waals surface area contributed by atoms with Gasteiger partial charge in [0.2, 0.25) is 11.7 Å². The lowest BCUT2D eigenvalue weighted by atomic mass is 10.1. The number of aryl methyl sites for hydroxylation is 1. The second-order valence-electron chi connectivity index (χ2n) is 6.88. The van der Waals surface area contributed by atoms with Crippen molar-refractivity contribution < 1.29 is 13.7 Å². The van der Waals surface area contributed by atoms with E-state index in [1.54, 1.807) is 41.2 Å². The maximum Gasteiger partial charge on any atom is 0.257 e. The van der Waals surface area contributed by atoms with E-state index in [0.717, 1.165) is 11.1 Å². The zero-order valence-corrected chi connectivity index (χ0v) is 15.0. The van der Waals surface area contributed by atoms with Crippen molar-refractivity contribution in [1.82, 2.24) is 19.8 Å². The zero-order valence-electron chi connectivity index (χ0n) is 15.0. The number of nitrogens with one attached hydrogen (secondary N) is 1. The van der Waals surface area contributed by atoms with Gasteiger partial charge in [-0.3, -0.25) is 4.79 Å². The van der Waals surface area contributed by atoms with Crippen LogP contribution in [0.1, 0.15) is 34.2 Å². The molecule has 1 N–H and O–H groups in total. The Morgan fingerprint density at radius 1 is 1.32 bits per heavy atom. The van der Waals surface area contributed by atoms with Gasteiger partial charge in [-0.15, -0.1) is 0 Å². The number of rotatable bonds is 4. The second-order valence-corrected chi connectivity index (χ2v) is 6.88. The molecule has 0 bridgehead atoms. The van der Waals surface area contributed by atoms with Crippen molar-refractivity contribution in [3.8, 4) is 11.4 Å². The van der Waals surface area contributed by atoms with Crippen molar-refractivity contribution >= 4 is 17.1 Å². The number of hydrogen-bond donors (Lipinski definition) is 1. The zero-order chi connectivity index (χ0) is 19.3. The first kappa shape index (κ1) is 16.6. The molecule has 7 nitrogen and oxygen atoms in total. The van der Waals surface area contributed by atoms with Crippen molar-refractivity contribution in [3.63, 3.8) is 0 Å². The first-order valence-electron chi connectivity index (χ1n) is 8.92. The van der Waals surface area contributed by atoms with Gasteiger partial charge in [-0.25, -0.2) is 8.91 Å². The van der Waals surface area contributed by atoms with Crippen molar-refractivity contribution in [2.24, 2.45) is 0 Å². The topological polar surface area (TPSA) is 85.3 Å². The summed E-state index contributed by atoms with van der Waals surface area (Å²) < 4.78 is 20.0. The monoisotopic (exact) mass is 377 g/mol. The molecule has 1 aliphatic rings. The molecule has 1 fully saturated rings. The summed E-state index contributed by atoms with van der Waals surface area (Å²) in [5, 5.41) is 11.0. The van der Waals surface area contributed by atoms with Gasteiger partial charge in [0, 0.05) is 17.4 Å². The van der Waals surface area contributed by atoms with Crippen LogP contribution < -0.4 is 5.32 Å². The molecule has 0 saturated heterocycles. The van der Waals surface area contributed by atoms with E-state index in [1.807, 2.05) is 19.1 Å². The molecule has 3 heterocycles. The molecular formula is C20H16FN5O2. The average Bonchev–Trinajstić information content (AvgIpc) is 3.11. The highest BCUT2D eigenvalue weighted by Gasteiger charge is 2.43. The Morgan fingerprint density at radius 2 is 2.18 bits per heavy atom. The molecule has 1 saturated carbocycles. The van der Waals surface area contributed by atoms with E-state index in [0.29, 0.717) is 35.0 Å². The Hall–Kier alpha value is -3.55. The lowest BCUT2D eigenvalue weighted by Crippen LogP contribution is -2.14. The van der Waals surface area contributed by atoms with Crippen molar-refractivity contribution in [1.29, 1.82) is 0 Å². The highest BCUT2D eigenvalue weighted by atomic mass is 19.1. The van der Waals surface area contributed by atoms with Gasteiger partial charge < -0.3 is 9.84 Å². The average molecular weight is 377 g/mol. The van der Waals surface area contributed by atoms with Gasteiger partial charge in [-0.1, -0.05) is 17.3 Å². The third-order valence-corrected chi connectivity index (χ3v) is 4.90. The number of fused-ring (bicyclic) bond motifs is 1. The molecule has 4 aromatic rings. The van der Waals surface area contributed by atoms with E-state index >= 15 is 0 Å². The molecule has 0 aliphatic heterocycles. The summed E-state index contributed by atoms with van der Waals surface area (Å²) >= 11 is 0. The number of carbonyl (C=O) groups is 1. The van der Waals surface area contributed by atoms with E-state index in [2.05, 4.69) is 20.6 Å². The normalized spacial score (nSPS) is 18.4. The number of pyridine rings is 1. The molecule has 1 aliphatic carbocycles. The summed E-state index contributed by atoms with van der Waals surface area (Å²) in [5.41, 5.74) is 3.48. The maximum atomic E-state index is 13.2. The number of hydrogen-bond acceptors (Lipinski definition) is 5. The molecule has 0 radical (unpaired) electrons. The predicted molar refractivity (Wildman–Crippen MR) is 99.9 cm³/mol. The lowest BCUT2D eigenvalue weighted by Gasteiger charge is -2.10. The Balaban J connectivity index is 1.44. The fourth-order valence-corrected chi connectivity index (χ4v) is 3.15. The Bertz CT molecular complexity index is 1200. The third kappa shape index (κ3) is 2.83. The minimum Gasteiger partial charge on any atom is -0.339 e. The summed E-state index contributed by atoms with van der Waals surface area (Å²) in [7, 11) is 0. The summed E-state index contributed by atoms with van der Waals surface area (Å²) in [6.45, 7) is 1.90.